The highest BCUT2D eigenvalue weighted by Gasteiger charge is 2.21. The predicted octanol–water partition coefficient (Wildman–Crippen LogP) is 3.15. The number of piperidine rings is 1. The van der Waals surface area contributed by atoms with Crippen LogP contribution in [0.2, 0.25) is 0 Å². The van der Waals surface area contributed by atoms with E-state index in [0.717, 1.165) is 69.9 Å². The first-order valence-electron chi connectivity index (χ1n) is 10.3. The summed E-state index contributed by atoms with van der Waals surface area (Å²) in [6, 6.07) is 7.10. The molecular formula is C21H35FN4O. The molecular weight excluding hydrogens is 343 g/mol. The zero-order valence-corrected chi connectivity index (χ0v) is 16.8. The highest BCUT2D eigenvalue weighted by molar-refractivity contribution is 5.80. The Morgan fingerprint density at radius 3 is 2.93 bits per heavy atom. The van der Waals surface area contributed by atoms with Gasteiger partial charge in [-0.15, -0.1) is 0 Å². The van der Waals surface area contributed by atoms with Crippen molar-refractivity contribution in [1.29, 1.82) is 0 Å². The molecule has 3 N–H and O–H groups in total. The summed E-state index contributed by atoms with van der Waals surface area (Å²) >= 11 is 0. The topological polar surface area (TPSA) is 59.9 Å². The molecule has 2 unspecified atom stereocenters. The van der Waals surface area contributed by atoms with E-state index in [1.807, 2.05) is 6.07 Å². The molecule has 1 aliphatic heterocycles. The highest BCUT2D eigenvalue weighted by atomic mass is 19.1. The molecule has 1 aromatic carbocycles. The molecule has 0 radical (unpaired) electrons. The van der Waals surface area contributed by atoms with Crippen molar-refractivity contribution < 1.29 is 9.50 Å². The quantitative estimate of drug-likeness (QED) is 0.456. The van der Waals surface area contributed by atoms with Gasteiger partial charge in [-0.1, -0.05) is 19.4 Å². The number of benzene rings is 1. The average molecular weight is 379 g/mol. The van der Waals surface area contributed by atoms with Crippen LogP contribution in [0.3, 0.4) is 0 Å². The molecule has 2 atom stereocenters. The van der Waals surface area contributed by atoms with Crippen LogP contribution < -0.4 is 15.5 Å². The average Bonchev–Trinajstić information content (AvgIpc) is 2.67. The Bertz CT molecular complexity index is 575. The Balaban J connectivity index is 1.96. The zero-order valence-electron chi connectivity index (χ0n) is 16.8. The van der Waals surface area contributed by atoms with Crippen LogP contribution in [0.5, 0.6) is 0 Å². The van der Waals surface area contributed by atoms with Crippen molar-refractivity contribution in [2.24, 2.45) is 10.9 Å². The maximum atomic E-state index is 13.5. The lowest BCUT2D eigenvalue weighted by molar-refractivity contribution is 0.253. The van der Waals surface area contributed by atoms with Gasteiger partial charge in [0.05, 0.1) is 0 Å². The Kier molecular flexibility index (Phi) is 9.39. The molecule has 1 fully saturated rings. The van der Waals surface area contributed by atoms with E-state index in [1.54, 1.807) is 12.1 Å². The van der Waals surface area contributed by atoms with E-state index in [2.05, 4.69) is 29.4 Å². The Labute approximate surface area is 163 Å². The molecule has 0 saturated carbocycles. The number of nitrogens with one attached hydrogen (secondary N) is 2. The number of aliphatic imine (C=N–C) groups is 1. The van der Waals surface area contributed by atoms with Gasteiger partial charge in [-0.05, 0) is 56.7 Å². The van der Waals surface area contributed by atoms with Crippen molar-refractivity contribution in [3.63, 3.8) is 0 Å². The van der Waals surface area contributed by atoms with E-state index < -0.39 is 0 Å². The summed E-state index contributed by atoms with van der Waals surface area (Å²) in [5, 5.41) is 16.1. The molecule has 1 aromatic rings. The first-order chi connectivity index (χ1) is 13.2. The fourth-order valence-corrected chi connectivity index (χ4v) is 3.65. The third-order valence-corrected chi connectivity index (χ3v) is 5.02. The van der Waals surface area contributed by atoms with E-state index in [9.17, 15) is 9.50 Å². The summed E-state index contributed by atoms with van der Waals surface area (Å²) in [5.74, 6) is 1.07. The number of aliphatic hydroxyl groups is 1. The number of hydrogen-bond donors (Lipinski definition) is 3. The third kappa shape index (κ3) is 7.37. The van der Waals surface area contributed by atoms with Gasteiger partial charge in [0.1, 0.15) is 5.82 Å². The van der Waals surface area contributed by atoms with Gasteiger partial charge in [0, 0.05) is 44.5 Å². The maximum Gasteiger partial charge on any atom is 0.191 e. The van der Waals surface area contributed by atoms with Crippen LogP contribution in [0.4, 0.5) is 10.1 Å². The van der Waals surface area contributed by atoms with Crippen LogP contribution >= 0.6 is 0 Å². The molecule has 27 heavy (non-hydrogen) atoms. The van der Waals surface area contributed by atoms with Gasteiger partial charge < -0.3 is 20.6 Å². The number of guanidine groups is 1. The van der Waals surface area contributed by atoms with E-state index in [1.165, 1.54) is 6.07 Å². The standard InChI is InChI=1S/C21H35FN4O/c1-3-7-17(11-13-27)15-24-21(23-4-2)25-19-9-6-12-26(16-19)20-10-5-8-18(22)14-20/h5,8,10,14,17,19,27H,3-4,6-7,9,11-13,15-16H2,1-2H3,(H2,23,24,25). The Hall–Kier alpha value is -1.82. The molecule has 0 aromatic heterocycles. The smallest absolute Gasteiger partial charge is 0.191 e. The summed E-state index contributed by atoms with van der Waals surface area (Å²) in [5.41, 5.74) is 0.939. The summed E-state index contributed by atoms with van der Waals surface area (Å²) in [4.78, 5) is 7.00. The van der Waals surface area contributed by atoms with E-state index in [4.69, 9.17) is 4.99 Å². The van der Waals surface area contributed by atoms with Gasteiger partial charge in [0.2, 0.25) is 0 Å². The van der Waals surface area contributed by atoms with Crippen LogP contribution in [0.15, 0.2) is 29.3 Å². The summed E-state index contributed by atoms with van der Waals surface area (Å²) in [6.45, 7) is 7.77. The molecule has 6 heteroatoms. The molecule has 0 spiro atoms. The van der Waals surface area contributed by atoms with Gasteiger partial charge in [-0.3, -0.25) is 4.99 Å². The van der Waals surface area contributed by atoms with Crippen LogP contribution in [-0.4, -0.2) is 49.9 Å². The molecule has 1 aliphatic rings. The molecule has 0 bridgehead atoms. The second-order valence-corrected chi connectivity index (χ2v) is 7.30. The van der Waals surface area contributed by atoms with Crippen molar-refractivity contribution in [2.45, 2.75) is 52.0 Å². The molecule has 5 nitrogen and oxygen atoms in total. The Morgan fingerprint density at radius 2 is 2.22 bits per heavy atom. The van der Waals surface area contributed by atoms with Crippen LogP contribution in [0.1, 0.15) is 46.0 Å². The first kappa shape index (κ1) is 21.5. The summed E-state index contributed by atoms with van der Waals surface area (Å²) in [7, 11) is 0. The second kappa shape index (κ2) is 11.8. The molecule has 2 rings (SSSR count). The minimum Gasteiger partial charge on any atom is -0.396 e. The number of halogens is 1. The van der Waals surface area contributed by atoms with Crippen molar-refractivity contribution in [2.75, 3.05) is 37.7 Å². The largest absolute Gasteiger partial charge is 0.396 e. The van der Waals surface area contributed by atoms with Crippen LogP contribution in [0.25, 0.3) is 0 Å². The van der Waals surface area contributed by atoms with Crippen molar-refractivity contribution in [3.05, 3.63) is 30.1 Å². The lowest BCUT2D eigenvalue weighted by Crippen LogP contribution is -2.51. The van der Waals surface area contributed by atoms with E-state index in [0.29, 0.717) is 5.92 Å². The number of anilines is 1. The molecule has 1 saturated heterocycles. The molecule has 0 aliphatic carbocycles. The van der Waals surface area contributed by atoms with Crippen molar-refractivity contribution in [1.82, 2.24) is 10.6 Å². The monoisotopic (exact) mass is 378 g/mol. The van der Waals surface area contributed by atoms with Gasteiger partial charge in [0.25, 0.3) is 0 Å². The van der Waals surface area contributed by atoms with Crippen molar-refractivity contribution in [3.8, 4) is 0 Å². The van der Waals surface area contributed by atoms with Gasteiger partial charge in [-0.2, -0.15) is 0 Å². The molecule has 1 heterocycles. The minimum absolute atomic E-state index is 0.191. The normalized spacial score (nSPS) is 19.0. The van der Waals surface area contributed by atoms with Gasteiger partial charge in [0.15, 0.2) is 5.96 Å². The number of aliphatic hydroxyl groups excluding tert-OH is 1. The number of nitrogens with zero attached hydrogens (tertiary/aromatic N) is 2. The highest BCUT2D eigenvalue weighted by Crippen LogP contribution is 2.20. The predicted molar refractivity (Wildman–Crippen MR) is 111 cm³/mol. The molecule has 152 valence electrons. The van der Waals surface area contributed by atoms with Gasteiger partial charge >= 0.3 is 0 Å². The number of hydrogen-bond acceptors (Lipinski definition) is 3. The number of rotatable bonds is 9. The molecule has 0 amide bonds. The fourth-order valence-electron chi connectivity index (χ4n) is 3.65. The maximum absolute atomic E-state index is 13.5. The van der Waals surface area contributed by atoms with E-state index in [-0.39, 0.29) is 18.5 Å². The lowest BCUT2D eigenvalue weighted by atomic mass is 10.0. The minimum atomic E-state index is -0.191. The van der Waals surface area contributed by atoms with Crippen LogP contribution in [-0.2, 0) is 0 Å². The fraction of sp³-hybridized carbons (Fsp3) is 0.667. The first-order valence-corrected chi connectivity index (χ1v) is 10.3. The summed E-state index contributed by atoms with van der Waals surface area (Å²) in [6.07, 6.45) is 5.13. The van der Waals surface area contributed by atoms with Gasteiger partial charge in [-0.25, -0.2) is 4.39 Å². The van der Waals surface area contributed by atoms with E-state index >= 15 is 0 Å². The van der Waals surface area contributed by atoms with Crippen LogP contribution in [0, 0.1) is 11.7 Å². The second-order valence-electron chi connectivity index (χ2n) is 7.30. The Morgan fingerprint density at radius 1 is 1.37 bits per heavy atom. The SMILES string of the molecule is CCCC(CCO)CN=C(NCC)NC1CCCN(c2cccc(F)c2)C1. The lowest BCUT2D eigenvalue weighted by Gasteiger charge is -2.35. The zero-order chi connectivity index (χ0) is 19.5. The third-order valence-electron chi connectivity index (χ3n) is 5.02. The summed E-state index contributed by atoms with van der Waals surface area (Å²) < 4.78 is 13.5. The van der Waals surface area contributed by atoms with Crippen molar-refractivity contribution >= 4 is 11.6 Å².